The molecule has 0 saturated heterocycles. The van der Waals surface area contributed by atoms with E-state index in [2.05, 4.69) is 10.2 Å². The molecule has 0 bridgehead atoms. The van der Waals surface area contributed by atoms with Gasteiger partial charge in [0.05, 0.1) is 0 Å². The third-order valence-corrected chi connectivity index (χ3v) is 0.811. The van der Waals surface area contributed by atoms with Gasteiger partial charge in [-0.05, 0) is 37.8 Å². The predicted molar refractivity (Wildman–Crippen MR) is 43.1 cm³/mol. The Labute approximate surface area is 64.1 Å². The van der Waals surface area contributed by atoms with Crippen LogP contribution in [0.3, 0.4) is 0 Å². The molecule has 58 valence electrons. The van der Waals surface area contributed by atoms with Gasteiger partial charge in [0.2, 0.25) is 0 Å². The second-order valence-corrected chi connectivity index (χ2v) is 3.14. The fourth-order valence-electron chi connectivity index (χ4n) is 0.333. The van der Waals surface area contributed by atoms with E-state index in [1.807, 2.05) is 0 Å². The van der Waals surface area contributed by atoms with Crippen molar-refractivity contribution in [3.8, 4) is 0 Å². The van der Waals surface area contributed by atoms with Crippen LogP contribution in [0.2, 0.25) is 0 Å². The molecule has 0 N–H and O–H groups in total. The highest BCUT2D eigenvalue weighted by Crippen LogP contribution is 2.07. The minimum absolute atomic E-state index is 0.462. The molecule has 0 radical (unpaired) electrons. The predicted octanol–water partition coefficient (Wildman–Crippen LogP) is 1.62. The largest absolute Gasteiger partial charge is 0.444 e. The molecule has 0 aliphatic rings. The zero-order valence-electron chi connectivity index (χ0n) is 6.38. The smallest absolute Gasteiger partial charge is 0.442 e. The van der Waals surface area contributed by atoms with Crippen LogP contribution in [0.15, 0.2) is 4.36 Å². The summed E-state index contributed by atoms with van der Waals surface area (Å²) in [7, 11) is 0. The second kappa shape index (κ2) is 3.51. The molecular formula is C6H11NO2S. The molecule has 0 rings (SSSR count). The molecule has 4 heteroatoms. The van der Waals surface area contributed by atoms with Crippen LogP contribution in [-0.4, -0.2) is 17.6 Å². The van der Waals surface area contributed by atoms with E-state index in [1.165, 1.54) is 0 Å². The van der Waals surface area contributed by atoms with Crippen molar-refractivity contribution in [1.29, 1.82) is 0 Å². The number of amides is 1. The van der Waals surface area contributed by atoms with Gasteiger partial charge in [-0.25, -0.2) is 4.79 Å². The molecular weight excluding hydrogens is 150 g/mol. The Morgan fingerprint density at radius 2 is 2.10 bits per heavy atom. The van der Waals surface area contributed by atoms with Gasteiger partial charge in [-0.3, -0.25) is 0 Å². The maximum absolute atomic E-state index is 10.6. The lowest BCUT2D eigenvalue weighted by Gasteiger charge is -2.16. The van der Waals surface area contributed by atoms with Gasteiger partial charge >= 0.3 is 6.09 Å². The molecule has 0 aliphatic heterocycles. The summed E-state index contributed by atoms with van der Waals surface area (Å²) in [5, 5.41) is 0. The third kappa shape index (κ3) is 5.50. The number of nitrogens with zero attached hydrogens (tertiary/aromatic N) is 1. The highest BCUT2D eigenvalue weighted by molar-refractivity contribution is 7.66. The van der Waals surface area contributed by atoms with Gasteiger partial charge < -0.3 is 4.74 Å². The average Bonchev–Trinajstić information content (AvgIpc) is 1.59. The van der Waals surface area contributed by atoms with Crippen LogP contribution in [0.5, 0.6) is 0 Å². The SMILES string of the molecule is C=S=NC(=O)OC(C)(C)C. The summed E-state index contributed by atoms with van der Waals surface area (Å²) in [4.78, 5) is 10.6. The molecule has 0 heterocycles. The summed E-state index contributed by atoms with van der Waals surface area (Å²) < 4.78 is 8.17. The Kier molecular flexibility index (Phi) is 3.28. The van der Waals surface area contributed by atoms with Gasteiger partial charge in [-0.2, -0.15) is 0 Å². The summed E-state index contributed by atoms with van der Waals surface area (Å²) in [6.45, 7) is 5.36. The Bertz CT molecular complexity index is 177. The standard InChI is InChI=1S/C6H11NO2S/c1-6(2,3)9-5(8)7-10-4/h4H2,1-3H3. The quantitative estimate of drug-likeness (QED) is 0.506. The Morgan fingerprint density at radius 3 is 2.40 bits per heavy atom. The lowest BCUT2D eigenvalue weighted by atomic mass is 10.2. The molecule has 0 saturated carbocycles. The number of hydrogen-bond donors (Lipinski definition) is 0. The molecule has 0 aromatic rings. The Balaban J connectivity index is 3.92. The molecule has 0 aliphatic carbocycles. The minimum Gasteiger partial charge on any atom is -0.442 e. The average molecular weight is 161 g/mol. The van der Waals surface area contributed by atoms with Crippen molar-refractivity contribution < 1.29 is 9.53 Å². The summed E-state index contributed by atoms with van der Waals surface area (Å²) >= 11 is 0.851. The van der Waals surface area contributed by atoms with Crippen LogP contribution in [0.1, 0.15) is 20.8 Å². The van der Waals surface area contributed by atoms with E-state index in [0.29, 0.717) is 0 Å². The fourth-order valence-corrected chi connectivity index (χ4v) is 0.476. The molecule has 0 aromatic carbocycles. The van der Waals surface area contributed by atoms with Crippen LogP contribution >= 0.6 is 0 Å². The highest BCUT2D eigenvalue weighted by atomic mass is 32.1. The zero-order chi connectivity index (χ0) is 8.20. The van der Waals surface area contributed by atoms with E-state index in [4.69, 9.17) is 4.74 Å². The van der Waals surface area contributed by atoms with Crippen molar-refractivity contribution in [2.24, 2.45) is 4.36 Å². The van der Waals surface area contributed by atoms with Gasteiger partial charge in [0.15, 0.2) is 0 Å². The number of hydrogen-bond acceptors (Lipinski definition) is 2. The van der Waals surface area contributed by atoms with E-state index in [0.717, 1.165) is 11.1 Å². The van der Waals surface area contributed by atoms with Crippen LogP contribution in [0.25, 0.3) is 0 Å². The normalized spacial score (nSPS) is 10.3. The van der Waals surface area contributed by atoms with Crippen molar-refractivity contribution in [2.75, 3.05) is 0 Å². The first-order valence-corrected chi connectivity index (χ1v) is 3.75. The van der Waals surface area contributed by atoms with Crippen molar-refractivity contribution in [1.82, 2.24) is 0 Å². The van der Waals surface area contributed by atoms with Gasteiger partial charge in [0.1, 0.15) is 5.60 Å². The van der Waals surface area contributed by atoms with E-state index in [-0.39, 0.29) is 0 Å². The minimum atomic E-state index is -0.576. The Morgan fingerprint density at radius 1 is 1.60 bits per heavy atom. The number of rotatable bonds is 0. The van der Waals surface area contributed by atoms with Crippen LogP contribution < -0.4 is 0 Å². The summed E-state index contributed by atoms with van der Waals surface area (Å²) in [6.07, 6.45) is -0.576. The van der Waals surface area contributed by atoms with E-state index >= 15 is 0 Å². The molecule has 0 unspecified atom stereocenters. The van der Waals surface area contributed by atoms with Gasteiger partial charge in [0.25, 0.3) is 0 Å². The number of ether oxygens (including phenoxy) is 1. The molecule has 0 aromatic heterocycles. The molecule has 3 nitrogen and oxygen atoms in total. The van der Waals surface area contributed by atoms with Crippen molar-refractivity contribution in [2.45, 2.75) is 26.4 Å². The summed E-state index contributed by atoms with van der Waals surface area (Å²) in [5.74, 6) is 3.30. The summed E-state index contributed by atoms with van der Waals surface area (Å²) in [6, 6.07) is 0. The fraction of sp³-hybridized carbons (Fsp3) is 0.667. The van der Waals surface area contributed by atoms with Crippen molar-refractivity contribution >= 4 is 23.1 Å². The van der Waals surface area contributed by atoms with Gasteiger partial charge in [-0.1, -0.05) is 0 Å². The number of carbonyl (C=O) groups is 1. The topological polar surface area (TPSA) is 38.7 Å². The first kappa shape index (κ1) is 9.36. The Hall–Kier alpha value is -0.640. The van der Waals surface area contributed by atoms with Crippen LogP contribution in [-0.2, 0) is 15.9 Å². The van der Waals surface area contributed by atoms with E-state index in [9.17, 15) is 4.79 Å². The van der Waals surface area contributed by atoms with E-state index in [1.54, 1.807) is 20.8 Å². The molecule has 0 atom stereocenters. The number of carbonyl (C=O) groups excluding carboxylic acids is 1. The molecule has 10 heavy (non-hydrogen) atoms. The molecule has 0 spiro atoms. The lowest BCUT2D eigenvalue weighted by Crippen LogP contribution is -2.21. The lowest BCUT2D eigenvalue weighted by molar-refractivity contribution is 0.0609. The maximum atomic E-state index is 10.6. The first-order chi connectivity index (χ1) is 4.45. The zero-order valence-corrected chi connectivity index (χ0v) is 7.20. The van der Waals surface area contributed by atoms with Crippen molar-refractivity contribution in [3.63, 3.8) is 0 Å². The maximum Gasteiger partial charge on any atom is 0.444 e. The monoisotopic (exact) mass is 161 g/mol. The molecule has 0 fully saturated rings. The van der Waals surface area contributed by atoms with Crippen LogP contribution in [0, 0.1) is 0 Å². The van der Waals surface area contributed by atoms with Crippen molar-refractivity contribution in [3.05, 3.63) is 0 Å². The highest BCUT2D eigenvalue weighted by Gasteiger charge is 2.14. The van der Waals surface area contributed by atoms with Gasteiger partial charge in [0, 0.05) is 0 Å². The van der Waals surface area contributed by atoms with E-state index < -0.39 is 11.7 Å². The van der Waals surface area contributed by atoms with Crippen LogP contribution in [0.4, 0.5) is 4.79 Å². The third-order valence-electron chi connectivity index (χ3n) is 0.533. The first-order valence-electron chi connectivity index (χ1n) is 2.81. The van der Waals surface area contributed by atoms with Gasteiger partial charge in [-0.15, -0.1) is 4.36 Å². The second-order valence-electron chi connectivity index (χ2n) is 2.70. The summed E-state index contributed by atoms with van der Waals surface area (Å²) in [5.41, 5.74) is -0.462. The molecule has 1 amide bonds.